The van der Waals surface area contributed by atoms with E-state index < -0.39 is 42.7 Å². The van der Waals surface area contributed by atoms with E-state index in [-0.39, 0.29) is 101 Å². The number of hydrogen-bond acceptors (Lipinski definition) is 30. The molecular formula is C67H96ClN24O13PdSi2-. The Balaban J connectivity index is 0.000000432. The maximum absolute atomic E-state index is 11.9. The van der Waals surface area contributed by atoms with Crippen LogP contribution >= 0.6 is 11.6 Å². The third kappa shape index (κ3) is 23.8. The molecule has 10 heterocycles. The predicted octanol–water partition coefficient (Wildman–Crippen LogP) is 12.1. The fourth-order valence-corrected chi connectivity index (χ4v) is 10.8. The van der Waals surface area contributed by atoms with Gasteiger partial charge in [-0.2, -0.15) is 35.6 Å². The monoisotopic (exact) mass is 1640 g/mol. The number of anilines is 5. The molecule has 10 rings (SSSR count). The molecule has 108 heavy (non-hydrogen) atoms. The third-order valence-corrected chi connectivity index (χ3v) is 26.5. The number of fused-ring (bicyclic) bond motifs is 3. The molecule has 0 bridgehead atoms. The first-order valence-corrected chi connectivity index (χ1v) is 38.7. The topological polar surface area (TPSA) is 560 Å². The van der Waals surface area contributed by atoms with E-state index in [2.05, 4.69) is 149 Å². The van der Waals surface area contributed by atoms with Crippen molar-refractivity contribution in [1.29, 1.82) is 0 Å². The molecule has 0 atom stereocenters. The normalized spacial score (nSPS) is 11.1. The number of hydrogen-bond donors (Lipinski definition) is 9. The average molecular weight is 1640 g/mol. The van der Waals surface area contributed by atoms with Gasteiger partial charge in [0.1, 0.15) is 72.8 Å². The largest absolute Gasteiger partial charge is 0.429 e. The molecule has 0 saturated heterocycles. The summed E-state index contributed by atoms with van der Waals surface area (Å²) in [5.74, 6) is -0.413. The molecule has 2 aliphatic rings. The molecule has 2 aliphatic heterocycles. The van der Waals surface area contributed by atoms with Crippen LogP contribution < -0.4 is 28.3 Å². The molecule has 0 spiro atoms. The van der Waals surface area contributed by atoms with Crippen LogP contribution in [-0.4, -0.2) is 141 Å². The van der Waals surface area contributed by atoms with Gasteiger partial charge in [0.05, 0.1) is 86.1 Å². The summed E-state index contributed by atoms with van der Waals surface area (Å²) in [7, 11) is -3.60. The van der Waals surface area contributed by atoms with Crippen molar-refractivity contribution in [2.75, 3.05) is 28.3 Å². The molecule has 8 aromatic rings. The molecule has 37 nitrogen and oxygen atoms in total. The van der Waals surface area contributed by atoms with Crippen LogP contribution in [0.1, 0.15) is 152 Å². The zero-order valence-electron chi connectivity index (χ0n) is 64.5. The van der Waals surface area contributed by atoms with Gasteiger partial charge in [-0.3, -0.25) is 69.6 Å². The molecule has 0 radical (unpaired) electrons. The summed E-state index contributed by atoms with van der Waals surface area (Å²) < 4.78 is 13.4. The number of halogens is 1. The zero-order valence-corrected chi connectivity index (χ0v) is 68.8. The Hall–Kier alpha value is -10.5. The molecule has 8 aromatic heterocycles. The smallest absolute Gasteiger partial charge is 0.314 e. The number of amides is 1. The van der Waals surface area contributed by atoms with Gasteiger partial charge in [0.2, 0.25) is 5.91 Å². The van der Waals surface area contributed by atoms with Gasteiger partial charge in [0.15, 0.2) is 29.2 Å². The van der Waals surface area contributed by atoms with Gasteiger partial charge in [0.25, 0.3) is 0 Å². The molecule has 13 N–H and O–H groups in total. The first-order valence-electron chi connectivity index (χ1n) is 32.5. The van der Waals surface area contributed by atoms with Crippen molar-refractivity contribution >= 4 is 114 Å². The van der Waals surface area contributed by atoms with E-state index in [1.807, 2.05) is 27.0 Å². The second-order valence-electron chi connectivity index (χ2n) is 27.9. The fraction of sp³-hybridized carbons (Fsp3) is 0.418. The minimum Gasteiger partial charge on any atom is -0.429 e. The second-order valence-corrected chi connectivity index (χ2v) is 37.9. The number of aromatic nitrogens is 16. The Morgan fingerprint density at radius 2 is 1.07 bits per heavy atom. The van der Waals surface area contributed by atoms with E-state index in [1.165, 1.54) is 44.7 Å². The van der Waals surface area contributed by atoms with Crippen LogP contribution in [0.15, 0.2) is 43.2 Å². The Labute approximate surface area is 645 Å². The number of aliphatic hydroxyl groups is 1. The van der Waals surface area contributed by atoms with Gasteiger partial charge < -0.3 is 54.8 Å². The predicted molar refractivity (Wildman–Crippen MR) is 412 cm³/mol. The maximum Gasteiger partial charge on any atom is 0.314 e. The quantitative estimate of drug-likeness (QED) is 0.00928. The summed E-state index contributed by atoms with van der Waals surface area (Å²) in [5.41, 5.74) is 32.9. The van der Waals surface area contributed by atoms with E-state index in [4.69, 9.17) is 48.5 Å². The van der Waals surface area contributed by atoms with Crippen LogP contribution in [0.4, 0.5) is 45.5 Å². The molecule has 41 heteroatoms. The number of aryl methyl sites for hydroxylation is 7. The maximum atomic E-state index is 11.9. The van der Waals surface area contributed by atoms with Crippen molar-refractivity contribution < 1.29 is 68.7 Å². The number of aliphatic hydroxyl groups excluding tert-OH is 1. The molecular weight excluding hydrogens is 1550 g/mol. The van der Waals surface area contributed by atoms with Crippen LogP contribution in [0.5, 0.6) is 0 Å². The van der Waals surface area contributed by atoms with Crippen molar-refractivity contribution in [2.45, 2.75) is 180 Å². The number of nitrogens with one attached hydrogen (secondary N) is 3. The average Bonchev–Trinajstić information content (AvgIpc) is 1.60. The van der Waals surface area contributed by atoms with Crippen LogP contribution in [0, 0.1) is 91.7 Å². The number of nitrogens with two attached hydrogens (primary N) is 4. The molecule has 0 aliphatic carbocycles. The van der Waals surface area contributed by atoms with E-state index >= 15 is 0 Å². The number of rotatable bonds is 14. The van der Waals surface area contributed by atoms with Crippen molar-refractivity contribution in [1.82, 2.24) is 80.9 Å². The van der Waals surface area contributed by atoms with Gasteiger partial charge in [-0.05, 0) is 102 Å². The molecule has 588 valence electrons. The second kappa shape index (κ2) is 39.4. The summed E-state index contributed by atoms with van der Waals surface area (Å²) in [6.45, 7) is 41.8. The Morgan fingerprint density at radius 1 is 0.620 bits per heavy atom. The van der Waals surface area contributed by atoms with Crippen molar-refractivity contribution in [2.24, 2.45) is 5.41 Å². The number of pyridine rings is 7. The Morgan fingerprint density at radius 3 is 1.56 bits per heavy atom. The SMILES string of the molecule is CCc1c(Cl)nc(C)c2n[nH]nc12.Cc1c2nnnc-2c(CO[Si](C)(C)C(C)(C)C)cn1O.Cc1ncc(C=O)c(N)c1[N+](=O)[O-].Cc1ncc(C=O)c(NC(=O)C(C)(C)C)c1[N+](=O)[O-].Cc1ncc(CO)c(N)c1N.Cc1ncc(CO[Si](C)(C)C(C)(C)C)c2n[nH]nc12.Cc1nccc(N)c1[N+](=O)[O-].[CH3-].[Pd]. The summed E-state index contributed by atoms with van der Waals surface area (Å²) in [5, 5.41) is 87.1. The van der Waals surface area contributed by atoms with Crippen LogP contribution in [0.3, 0.4) is 0 Å². The van der Waals surface area contributed by atoms with Crippen LogP contribution in [0.25, 0.3) is 33.5 Å². The number of nitrogen functional groups attached to an aromatic ring is 4. The number of aromatic amines is 2. The van der Waals surface area contributed by atoms with Crippen molar-refractivity contribution in [3.8, 4) is 11.4 Å². The molecule has 1 amide bonds. The number of nitrogens with zero attached hydrogens (tertiary/aromatic N) is 17. The zero-order chi connectivity index (χ0) is 80.5. The van der Waals surface area contributed by atoms with E-state index in [0.29, 0.717) is 76.3 Å². The Bertz CT molecular complexity index is 4750. The fourth-order valence-electron chi connectivity index (χ4n) is 8.55. The number of H-pyrrole nitrogens is 2. The van der Waals surface area contributed by atoms with E-state index in [9.17, 15) is 49.9 Å². The first-order chi connectivity index (χ1) is 49.1. The van der Waals surface area contributed by atoms with Gasteiger partial charge in [-0.1, -0.05) is 80.8 Å². The van der Waals surface area contributed by atoms with Crippen LogP contribution in [-0.2, 0) is 60.3 Å². The molecule has 0 saturated carbocycles. The van der Waals surface area contributed by atoms with E-state index in [0.717, 1.165) is 61.3 Å². The Kier molecular flexibility index (Phi) is 34.1. The van der Waals surface area contributed by atoms with Crippen LogP contribution in [0.2, 0.25) is 41.4 Å². The first kappa shape index (κ1) is 93.6. The number of carbonyl (C=O) groups excluding carboxylic acids is 3. The number of carbonyl (C=O) groups is 3. The molecule has 0 aromatic carbocycles. The minimum atomic E-state index is -1.85. The van der Waals surface area contributed by atoms with Crippen molar-refractivity contribution in [3.63, 3.8) is 0 Å². The summed E-state index contributed by atoms with van der Waals surface area (Å²) in [6, 6.07) is 1.41. The third-order valence-electron chi connectivity index (χ3n) is 17.3. The summed E-state index contributed by atoms with van der Waals surface area (Å²) >= 11 is 5.97. The summed E-state index contributed by atoms with van der Waals surface area (Å²) in [4.78, 5) is 86.9. The van der Waals surface area contributed by atoms with Gasteiger partial charge in [-0.15, -0.1) is 10.2 Å². The van der Waals surface area contributed by atoms with Gasteiger partial charge in [-0.25, -0.2) is 4.98 Å². The number of aldehydes is 2. The van der Waals surface area contributed by atoms with E-state index in [1.54, 1.807) is 47.7 Å². The molecule has 0 unspecified atom stereocenters. The standard InChI is InChI=1S/C13H22N4O2Si.C13H22N4OSi.C12H15N3O4.C8H9ClN4.C7H7N3O3.C7H11N3O.C6H7N3O2.CH3.Pd/c1-9-11-12(15-16-14-11)10(7-17(9)18)8-19-20(5,6)13(2,3)4;1-9-11-12(16-17-15-11)10(7-14-9)8-18-19(5,6)13(2,3)4;1-7-10(15(18)19)9(8(6-16)5-13-7)14-11(17)12(2,3)4;1-3-5-7-6(11-13-12-7)4(2)10-8(5)9;1-4-7(10(12)13)6(8)5(3-11)2-9-4;1-4-6(8)7(9)5(3-11)2-10-4;1-4-6(9(10)11)5(7)2-3-8-4;;/h7,18H,8H2,1-6H3;7H,8H2,1-6H3,(H,15,16,17);5-6H,1-4H3,(H,13,14,17);3H2,1-2H3,(H,11,12,13);2-3H,1H3,(H2,8,9);2,11H,3,8H2,1H3,(H2,9,10);2-3H,1H3,(H2,7,8);1H3;/q;;;;;;;-1;. The van der Waals surface area contributed by atoms with Gasteiger partial charge in [0, 0.05) is 79.1 Å². The minimum absolute atomic E-state index is 0. The number of nitro groups is 3. The molecule has 0 fully saturated rings. The summed E-state index contributed by atoms with van der Waals surface area (Å²) in [6.07, 6.45) is 10.5. The van der Waals surface area contributed by atoms with Gasteiger partial charge >= 0.3 is 17.1 Å². The van der Waals surface area contributed by atoms with Crippen molar-refractivity contribution in [3.05, 3.63) is 159 Å².